The van der Waals surface area contributed by atoms with Crippen molar-refractivity contribution in [3.63, 3.8) is 0 Å². The summed E-state index contributed by atoms with van der Waals surface area (Å²) in [5.74, 6) is 0. The summed E-state index contributed by atoms with van der Waals surface area (Å²) in [5, 5.41) is 12.4. The van der Waals surface area contributed by atoms with Gasteiger partial charge in [0.25, 0.3) is 0 Å². The van der Waals surface area contributed by atoms with Gasteiger partial charge in [0.15, 0.2) is 0 Å². The van der Waals surface area contributed by atoms with E-state index in [1.165, 1.54) is 0 Å². The van der Waals surface area contributed by atoms with Crippen LogP contribution in [-0.4, -0.2) is 5.11 Å². The lowest BCUT2D eigenvalue weighted by molar-refractivity contribution is 0.223. The molecule has 17 heavy (non-hydrogen) atoms. The quantitative estimate of drug-likeness (QED) is 0.864. The van der Waals surface area contributed by atoms with Gasteiger partial charge in [0.2, 0.25) is 0 Å². The summed E-state index contributed by atoms with van der Waals surface area (Å²) >= 11 is 5.15. The molecule has 1 aromatic heterocycles. The summed E-state index contributed by atoms with van der Waals surface area (Å²) < 4.78 is 1.12. The van der Waals surface area contributed by atoms with Crippen LogP contribution < -0.4 is 0 Å². The van der Waals surface area contributed by atoms with Crippen LogP contribution in [0.4, 0.5) is 0 Å². The normalized spacial score (nSPS) is 12.8. The highest BCUT2D eigenvalue weighted by molar-refractivity contribution is 9.10. The predicted octanol–water partition coefficient (Wildman–Crippen LogP) is 4.52. The molecule has 1 heterocycles. The Morgan fingerprint density at radius 2 is 1.71 bits per heavy atom. The molecule has 1 unspecified atom stereocenters. The van der Waals surface area contributed by atoms with Crippen LogP contribution in [0.1, 0.15) is 33.2 Å². The topological polar surface area (TPSA) is 20.2 Å². The first-order chi connectivity index (χ1) is 8.00. The van der Waals surface area contributed by atoms with Crippen LogP contribution in [0.2, 0.25) is 0 Å². The molecule has 2 rings (SSSR count). The summed E-state index contributed by atoms with van der Waals surface area (Å²) in [5.41, 5.74) is 4.44. The Hall–Kier alpha value is -0.640. The van der Waals surface area contributed by atoms with Crippen molar-refractivity contribution in [1.82, 2.24) is 0 Å². The standard InChI is InChI=1S/C14H15BrOS/c1-8-4-5-17-14(8)13(16)11-6-9(2)12(15)10(3)7-11/h4-7,13,16H,1-3H3. The van der Waals surface area contributed by atoms with Gasteiger partial charge in [0.1, 0.15) is 6.10 Å². The molecule has 1 nitrogen and oxygen atoms in total. The van der Waals surface area contributed by atoms with E-state index in [2.05, 4.69) is 29.8 Å². The van der Waals surface area contributed by atoms with Crippen LogP contribution in [0.5, 0.6) is 0 Å². The zero-order valence-corrected chi connectivity index (χ0v) is 12.5. The summed E-state index contributed by atoms with van der Waals surface area (Å²) in [6, 6.07) is 6.13. The summed E-state index contributed by atoms with van der Waals surface area (Å²) in [6.45, 7) is 6.14. The SMILES string of the molecule is Cc1ccsc1C(O)c1cc(C)c(Br)c(C)c1. The van der Waals surface area contributed by atoms with Crippen LogP contribution in [0.15, 0.2) is 28.1 Å². The van der Waals surface area contributed by atoms with Gasteiger partial charge >= 0.3 is 0 Å². The Labute approximate surface area is 114 Å². The zero-order chi connectivity index (χ0) is 12.6. The van der Waals surface area contributed by atoms with E-state index in [0.717, 1.165) is 31.6 Å². The van der Waals surface area contributed by atoms with E-state index in [4.69, 9.17) is 0 Å². The molecule has 0 bridgehead atoms. The molecule has 1 aromatic carbocycles. The lowest BCUT2D eigenvalue weighted by Gasteiger charge is -2.14. The third kappa shape index (κ3) is 2.46. The zero-order valence-electron chi connectivity index (χ0n) is 10.1. The lowest BCUT2D eigenvalue weighted by atomic mass is 10.0. The van der Waals surface area contributed by atoms with Crippen LogP contribution >= 0.6 is 27.3 Å². The number of aryl methyl sites for hydroxylation is 3. The Morgan fingerprint density at radius 3 is 2.18 bits per heavy atom. The molecule has 2 aromatic rings. The van der Waals surface area contributed by atoms with Gasteiger partial charge in [-0.1, -0.05) is 28.1 Å². The van der Waals surface area contributed by atoms with Gasteiger partial charge in [-0.25, -0.2) is 0 Å². The van der Waals surface area contributed by atoms with Crippen molar-refractivity contribution in [3.8, 4) is 0 Å². The molecule has 0 amide bonds. The molecule has 0 fully saturated rings. The largest absolute Gasteiger partial charge is 0.383 e. The Bertz CT molecular complexity index is 522. The van der Waals surface area contributed by atoms with Gasteiger partial charge in [-0.05, 0) is 54.5 Å². The van der Waals surface area contributed by atoms with Crippen LogP contribution in [0.25, 0.3) is 0 Å². The fourth-order valence-electron chi connectivity index (χ4n) is 1.95. The number of aliphatic hydroxyl groups excluding tert-OH is 1. The Balaban J connectivity index is 2.45. The third-order valence-corrected chi connectivity index (χ3v) is 5.25. The molecule has 90 valence electrons. The minimum atomic E-state index is -0.513. The van der Waals surface area contributed by atoms with Gasteiger partial charge in [0.05, 0.1) is 0 Å². The molecule has 0 radical (unpaired) electrons. The lowest BCUT2D eigenvalue weighted by Crippen LogP contribution is -2.00. The van der Waals surface area contributed by atoms with Gasteiger partial charge < -0.3 is 5.11 Å². The van der Waals surface area contributed by atoms with E-state index in [1.807, 2.05) is 30.5 Å². The van der Waals surface area contributed by atoms with Crippen LogP contribution in [0.3, 0.4) is 0 Å². The first-order valence-corrected chi connectivity index (χ1v) is 7.16. The van der Waals surface area contributed by atoms with Crippen molar-refractivity contribution >= 4 is 27.3 Å². The fraction of sp³-hybridized carbons (Fsp3) is 0.286. The highest BCUT2D eigenvalue weighted by atomic mass is 79.9. The second-order valence-electron chi connectivity index (χ2n) is 4.34. The molecular formula is C14H15BrOS. The van der Waals surface area contributed by atoms with E-state index in [-0.39, 0.29) is 0 Å². The number of hydrogen-bond donors (Lipinski definition) is 1. The molecule has 0 aliphatic rings. The predicted molar refractivity (Wildman–Crippen MR) is 76.7 cm³/mol. The third-order valence-electron chi connectivity index (χ3n) is 2.92. The summed E-state index contributed by atoms with van der Waals surface area (Å²) in [7, 11) is 0. The minimum absolute atomic E-state index is 0.513. The summed E-state index contributed by atoms with van der Waals surface area (Å²) in [6.07, 6.45) is -0.513. The molecule has 1 atom stereocenters. The average Bonchev–Trinajstić information content (AvgIpc) is 2.70. The van der Waals surface area contributed by atoms with E-state index in [0.29, 0.717) is 0 Å². The fourth-order valence-corrected chi connectivity index (χ4v) is 3.12. The molecule has 0 saturated heterocycles. The van der Waals surface area contributed by atoms with Crippen LogP contribution in [0, 0.1) is 20.8 Å². The molecule has 0 aliphatic heterocycles. The first-order valence-electron chi connectivity index (χ1n) is 5.49. The van der Waals surface area contributed by atoms with Gasteiger partial charge in [0, 0.05) is 9.35 Å². The molecule has 3 heteroatoms. The highest BCUT2D eigenvalue weighted by Gasteiger charge is 2.15. The van der Waals surface area contributed by atoms with Crippen molar-refractivity contribution in [1.29, 1.82) is 0 Å². The molecule has 0 spiro atoms. The highest BCUT2D eigenvalue weighted by Crippen LogP contribution is 2.32. The number of hydrogen-bond acceptors (Lipinski definition) is 2. The second kappa shape index (κ2) is 4.92. The van der Waals surface area contributed by atoms with Gasteiger partial charge in [-0.15, -0.1) is 11.3 Å². The molecular weight excluding hydrogens is 296 g/mol. The number of rotatable bonds is 2. The number of halogens is 1. The average molecular weight is 311 g/mol. The van der Waals surface area contributed by atoms with Crippen molar-refractivity contribution in [3.05, 3.63) is 55.2 Å². The maximum absolute atomic E-state index is 10.4. The Morgan fingerprint density at radius 1 is 1.12 bits per heavy atom. The van der Waals surface area contributed by atoms with E-state index in [9.17, 15) is 5.11 Å². The molecule has 0 aliphatic carbocycles. The van der Waals surface area contributed by atoms with E-state index < -0.39 is 6.10 Å². The van der Waals surface area contributed by atoms with Crippen molar-refractivity contribution in [2.45, 2.75) is 26.9 Å². The van der Waals surface area contributed by atoms with Crippen molar-refractivity contribution < 1.29 is 5.11 Å². The number of benzene rings is 1. The first kappa shape index (κ1) is 12.8. The number of aliphatic hydroxyl groups is 1. The molecule has 1 N–H and O–H groups in total. The van der Waals surface area contributed by atoms with Crippen molar-refractivity contribution in [2.24, 2.45) is 0 Å². The maximum atomic E-state index is 10.4. The number of thiophene rings is 1. The monoisotopic (exact) mass is 310 g/mol. The Kier molecular flexibility index (Phi) is 3.71. The summed E-state index contributed by atoms with van der Waals surface area (Å²) in [4.78, 5) is 1.03. The molecule has 0 saturated carbocycles. The van der Waals surface area contributed by atoms with E-state index >= 15 is 0 Å². The van der Waals surface area contributed by atoms with E-state index in [1.54, 1.807) is 11.3 Å². The maximum Gasteiger partial charge on any atom is 0.113 e. The second-order valence-corrected chi connectivity index (χ2v) is 6.08. The van der Waals surface area contributed by atoms with Gasteiger partial charge in [-0.3, -0.25) is 0 Å². The smallest absolute Gasteiger partial charge is 0.113 e. The minimum Gasteiger partial charge on any atom is -0.383 e. The van der Waals surface area contributed by atoms with Gasteiger partial charge in [-0.2, -0.15) is 0 Å². The van der Waals surface area contributed by atoms with Crippen LogP contribution in [-0.2, 0) is 0 Å². The van der Waals surface area contributed by atoms with Crippen molar-refractivity contribution in [2.75, 3.05) is 0 Å².